The van der Waals surface area contributed by atoms with Crippen molar-refractivity contribution in [2.24, 2.45) is 5.92 Å². The molecule has 1 saturated heterocycles. The zero-order valence-corrected chi connectivity index (χ0v) is 19.4. The van der Waals surface area contributed by atoms with Gasteiger partial charge in [-0.2, -0.15) is 0 Å². The molecule has 166 valence electrons. The molecule has 6 nitrogen and oxygen atoms in total. The van der Waals surface area contributed by atoms with Gasteiger partial charge in [0.15, 0.2) is 0 Å². The van der Waals surface area contributed by atoms with Crippen LogP contribution in [0, 0.1) is 11.7 Å². The summed E-state index contributed by atoms with van der Waals surface area (Å²) in [5.74, 6) is 0.423. The summed E-state index contributed by atoms with van der Waals surface area (Å²) in [5.41, 5.74) is 0.952. The number of amides is 2. The molecule has 2 amide bonds. The molecule has 1 aliphatic rings. The van der Waals surface area contributed by atoms with Crippen LogP contribution in [0.25, 0.3) is 0 Å². The van der Waals surface area contributed by atoms with Crippen LogP contribution in [-0.4, -0.2) is 56.0 Å². The Morgan fingerprint density at radius 1 is 1.10 bits per heavy atom. The summed E-state index contributed by atoms with van der Waals surface area (Å²) in [6.07, 6.45) is 1.13. The van der Waals surface area contributed by atoms with Crippen molar-refractivity contribution in [1.29, 1.82) is 0 Å². The van der Waals surface area contributed by atoms with Crippen molar-refractivity contribution < 1.29 is 23.5 Å². The van der Waals surface area contributed by atoms with Crippen LogP contribution in [0.1, 0.15) is 28.8 Å². The van der Waals surface area contributed by atoms with E-state index < -0.39 is 0 Å². The molecule has 0 bridgehead atoms. The highest BCUT2D eigenvalue weighted by molar-refractivity contribution is 9.10. The average molecular weight is 493 g/mol. The van der Waals surface area contributed by atoms with E-state index in [4.69, 9.17) is 9.47 Å². The smallest absolute Gasteiger partial charge is 0.254 e. The van der Waals surface area contributed by atoms with Gasteiger partial charge in [0.25, 0.3) is 5.91 Å². The molecule has 3 rings (SSSR count). The monoisotopic (exact) mass is 492 g/mol. The molecular weight excluding hydrogens is 467 g/mol. The number of rotatable bonds is 6. The SMILES string of the molecule is COc1cc(OC)cc(C(=O)N2CCC(C(=O)N(C)Cc3cc(Br)ccc3F)CC2)c1. The topological polar surface area (TPSA) is 59.1 Å². The van der Waals surface area contributed by atoms with Crippen LogP contribution in [0.15, 0.2) is 40.9 Å². The normalized spacial score (nSPS) is 14.3. The Kier molecular flexibility index (Phi) is 7.54. The van der Waals surface area contributed by atoms with Gasteiger partial charge in [0.05, 0.1) is 14.2 Å². The third-order valence-electron chi connectivity index (χ3n) is 5.52. The summed E-state index contributed by atoms with van der Waals surface area (Å²) >= 11 is 3.33. The third-order valence-corrected chi connectivity index (χ3v) is 6.01. The van der Waals surface area contributed by atoms with Crippen LogP contribution in [0.3, 0.4) is 0 Å². The van der Waals surface area contributed by atoms with Crippen LogP contribution < -0.4 is 9.47 Å². The van der Waals surface area contributed by atoms with E-state index in [1.165, 1.54) is 20.3 Å². The number of benzene rings is 2. The van der Waals surface area contributed by atoms with Crippen molar-refractivity contribution in [3.05, 3.63) is 57.8 Å². The van der Waals surface area contributed by atoms with Crippen molar-refractivity contribution in [3.63, 3.8) is 0 Å². The molecule has 8 heteroatoms. The lowest BCUT2D eigenvalue weighted by atomic mass is 9.94. The first-order valence-corrected chi connectivity index (χ1v) is 10.8. The maximum Gasteiger partial charge on any atom is 0.254 e. The minimum Gasteiger partial charge on any atom is -0.497 e. The number of ether oxygens (including phenoxy) is 2. The predicted molar refractivity (Wildman–Crippen MR) is 119 cm³/mol. The van der Waals surface area contributed by atoms with E-state index in [2.05, 4.69) is 15.9 Å². The van der Waals surface area contributed by atoms with E-state index in [0.717, 1.165) is 4.47 Å². The molecule has 1 aliphatic heterocycles. The summed E-state index contributed by atoms with van der Waals surface area (Å²) in [6, 6.07) is 9.78. The Bertz CT molecular complexity index is 938. The van der Waals surface area contributed by atoms with Crippen LogP contribution in [0.2, 0.25) is 0 Å². The summed E-state index contributed by atoms with van der Waals surface area (Å²) in [6.45, 7) is 1.16. The second kappa shape index (κ2) is 10.1. The minimum atomic E-state index is -0.336. The highest BCUT2D eigenvalue weighted by Gasteiger charge is 2.30. The standard InChI is InChI=1S/C23H26BrFN2O4/c1-26(14-17-10-18(24)4-5-21(17)25)22(28)15-6-8-27(9-7-15)23(29)16-11-19(30-2)13-20(12-16)31-3/h4-5,10-13,15H,6-9,14H2,1-3H3. The van der Waals surface area contributed by atoms with Crippen molar-refractivity contribution >= 4 is 27.7 Å². The van der Waals surface area contributed by atoms with E-state index in [9.17, 15) is 14.0 Å². The number of likely N-dealkylation sites (tertiary alicyclic amines) is 1. The van der Waals surface area contributed by atoms with E-state index in [1.54, 1.807) is 47.2 Å². The number of carbonyl (C=O) groups is 2. The molecule has 2 aromatic carbocycles. The minimum absolute atomic E-state index is 0.0328. The largest absolute Gasteiger partial charge is 0.497 e. The zero-order chi connectivity index (χ0) is 22.5. The number of hydrogen-bond donors (Lipinski definition) is 0. The van der Waals surface area contributed by atoms with Crippen LogP contribution in [-0.2, 0) is 11.3 Å². The quantitative estimate of drug-likeness (QED) is 0.608. The first-order chi connectivity index (χ1) is 14.8. The molecule has 1 fully saturated rings. The fourth-order valence-electron chi connectivity index (χ4n) is 3.75. The Morgan fingerprint density at radius 2 is 1.71 bits per heavy atom. The Morgan fingerprint density at radius 3 is 2.29 bits per heavy atom. The molecule has 0 saturated carbocycles. The molecule has 0 N–H and O–H groups in total. The maximum absolute atomic E-state index is 14.0. The molecule has 0 radical (unpaired) electrons. The van der Waals surface area contributed by atoms with Crippen molar-refractivity contribution in [2.75, 3.05) is 34.4 Å². The fraction of sp³-hybridized carbons (Fsp3) is 0.391. The van der Waals surface area contributed by atoms with Crippen LogP contribution in [0.5, 0.6) is 11.5 Å². The molecule has 31 heavy (non-hydrogen) atoms. The van der Waals surface area contributed by atoms with Crippen LogP contribution >= 0.6 is 15.9 Å². The second-order valence-electron chi connectivity index (χ2n) is 7.60. The number of carbonyl (C=O) groups excluding carboxylic acids is 2. The number of nitrogens with zero attached hydrogens (tertiary/aromatic N) is 2. The van der Waals surface area contributed by atoms with Gasteiger partial charge in [0.1, 0.15) is 17.3 Å². The number of hydrogen-bond acceptors (Lipinski definition) is 4. The van der Waals surface area contributed by atoms with Crippen molar-refractivity contribution in [2.45, 2.75) is 19.4 Å². The zero-order valence-electron chi connectivity index (χ0n) is 17.9. The van der Waals surface area contributed by atoms with E-state index in [-0.39, 0.29) is 30.1 Å². The Labute approximate surface area is 190 Å². The summed E-state index contributed by atoms with van der Waals surface area (Å²) < 4.78 is 25.3. The molecule has 0 atom stereocenters. The van der Waals surface area contributed by atoms with Gasteiger partial charge in [-0.05, 0) is 43.2 Å². The summed E-state index contributed by atoms with van der Waals surface area (Å²) in [7, 11) is 4.76. The van der Waals surface area contributed by atoms with Gasteiger partial charge < -0.3 is 19.3 Å². The van der Waals surface area contributed by atoms with Crippen molar-refractivity contribution in [3.8, 4) is 11.5 Å². The van der Waals surface area contributed by atoms with Crippen molar-refractivity contribution in [1.82, 2.24) is 9.80 Å². The number of piperidine rings is 1. The second-order valence-corrected chi connectivity index (χ2v) is 8.51. The lowest BCUT2D eigenvalue weighted by Gasteiger charge is -2.33. The van der Waals surface area contributed by atoms with Gasteiger partial charge in [-0.3, -0.25) is 9.59 Å². The van der Waals surface area contributed by atoms with Gasteiger partial charge in [0, 0.05) is 54.3 Å². The molecular formula is C23H26BrFN2O4. The average Bonchev–Trinajstić information content (AvgIpc) is 2.80. The summed E-state index contributed by atoms with van der Waals surface area (Å²) in [4.78, 5) is 29.1. The van der Waals surface area contributed by atoms with E-state index >= 15 is 0 Å². The molecule has 2 aromatic rings. The maximum atomic E-state index is 14.0. The van der Waals surface area contributed by atoms with Gasteiger partial charge >= 0.3 is 0 Å². The molecule has 1 heterocycles. The van der Waals surface area contributed by atoms with Gasteiger partial charge in [0.2, 0.25) is 5.91 Å². The summed E-state index contributed by atoms with van der Waals surface area (Å²) in [5, 5.41) is 0. The lowest BCUT2D eigenvalue weighted by molar-refractivity contribution is -0.136. The fourth-order valence-corrected chi connectivity index (χ4v) is 4.16. The molecule has 0 spiro atoms. The van der Waals surface area contributed by atoms with E-state index in [1.807, 2.05) is 0 Å². The van der Waals surface area contributed by atoms with Gasteiger partial charge in [-0.25, -0.2) is 4.39 Å². The Balaban J connectivity index is 1.60. The predicted octanol–water partition coefficient (Wildman–Crippen LogP) is 4.12. The lowest BCUT2D eigenvalue weighted by Crippen LogP contribution is -2.43. The van der Waals surface area contributed by atoms with Gasteiger partial charge in [-0.1, -0.05) is 15.9 Å². The Hall–Kier alpha value is -2.61. The number of halogens is 2. The first kappa shape index (κ1) is 23.1. The van der Waals surface area contributed by atoms with Gasteiger partial charge in [-0.15, -0.1) is 0 Å². The highest BCUT2D eigenvalue weighted by atomic mass is 79.9. The molecule has 0 unspecified atom stereocenters. The molecule has 0 aliphatic carbocycles. The highest BCUT2D eigenvalue weighted by Crippen LogP contribution is 2.26. The third kappa shape index (κ3) is 5.55. The van der Waals surface area contributed by atoms with Crippen LogP contribution in [0.4, 0.5) is 4.39 Å². The first-order valence-electron chi connectivity index (χ1n) is 10.0. The molecule has 0 aromatic heterocycles. The van der Waals surface area contributed by atoms with E-state index in [0.29, 0.717) is 48.6 Å². The number of methoxy groups -OCH3 is 2.